The van der Waals surface area contributed by atoms with Gasteiger partial charge < -0.3 is 14.6 Å². The molecule has 1 amide bonds. The van der Waals surface area contributed by atoms with Gasteiger partial charge in [0.05, 0.1) is 17.5 Å². The number of aryl methyl sites for hydroxylation is 1. The van der Waals surface area contributed by atoms with Crippen LogP contribution in [0.4, 0.5) is 13.2 Å². The van der Waals surface area contributed by atoms with Crippen molar-refractivity contribution in [3.8, 4) is 11.3 Å². The van der Waals surface area contributed by atoms with E-state index in [1.165, 1.54) is 57.1 Å². The summed E-state index contributed by atoms with van der Waals surface area (Å²) in [4.78, 5) is 19.4. The first-order valence-electron chi connectivity index (χ1n) is 12.6. The summed E-state index contributed by atoms with van der Waals surface area (Å²) in [5, 5.41) is 3.47. The number of unbranched alkanes of at least 4 members (excludes halogenated alkanes) is 7. The molecular weight excluding hydrogens is 475 g/mol. The molecule has 0 aliphatic carbocycles. The Balaban J connectivity index is 1.55. The number of amides is 1. The zero-order chi connectivity index (χ0) is 25.3. The molecule has 0 bridgehead atoms. The van der Waals surface area contributed by atoms with Crippen molar-refractivity contribution in [2.24, 2.45) is 0 Å². The van der Waals surface area contributed by atoms with Crippen molar-refractivity contribution in [2.45, 2.75) is 77.4 Å². The fraction of sp³-hybridized carbons (Fsp3) is 0.615. The molecular formula is C26H36F3N3O2S. The van der Waals surface area contributed by atoms with Gasteiger partial charge in [0.1, 0.15) is 0 Å². The van der Waals surface area contributed by atoms with E-state index in [4.69, 9.17) is 4.42 Å². The minimum atomic E-state index is -4.48. The van der Waals surface area contributed by atoms with Crippen LogP contribution in [-0.2, 0) is 6.18 Å². The Kier molecular flexibility index (Phi) is 10.5. The smallest absolute Gasteiger partial charge is 0.416 e. The quantitative estimate of drug-likeness (QED) is 0.296. The van der Waals surface area contributed by atoms with E-state index < -0.39 is 11.7 Å². The van der Waals surface area contributed by atoms with Crippen molar-refractivity contribution in [3.05, 3.63) is 41.4 Å². The molecule has 0 spiro atoms. The number of rotatable bonds is 13. The van der Waals surface area contributed by atoms with Crippen LogP contribution in [0.2, 0.25) is 0 Å². The molecule has 1 fully saturated rings. The molecule has 35 heavy (non-hydrogen) atoms. The average Bonchev–Trinajstić information content (AvgIpc) is 3.46. The van der Waals surface area contributed by atoms with E-state index in [0.29, 0.717) is 12.4 Å². The Morgan fingerprint density at radius 1 is 1.17 bits per heavy atom. The van der Waals surface area contributed by atoms with E-state index in [0.717, 1.165) is 30.9 Å². The lowest BCUT2D eigenvalue weighted by Gasteiger charge is -2.23. The molecule has 3 rings (SSSR count). The van der Waals surface area contributed by atoms with Gasteiger partial charge >= 0.3 is 6.18 Å². The van der Waals surface area contributed by atoms with Crippen molar-refractivity contribution < 1.29 is 22.4 Å². The first kappa shape index (κ1) is 27.6. The zero-order valence-electron chi connectivity index (χ0n) is 20.6. The Morgan fingerprint density at radius 3 is 2.60 bits per heavy atom. The van der Waals surface area contributed by atoms with Crippen LogP contribution in [0.1, 0.15) is 80.2 Å². The molecule has 0 unspecified atom stereocenters. The van der Waals surface area contributed by atoms with Gasteiger partial charge in [0.15, 0.2) is 17.3 Å². The van der Waals surface area contributed by atoms with Gasteiger partial charge in [0.25, 0.3) is 5.91 Å². The summed E-state index contributed by atoms with van der Waals surface area (Å²) >= 11 is 1.67. The average molecular weight is 512 g/mol. The number of nitrogens with one attached hydrogen (secondary N) is 1. The lowest BCUT2D eigenvalue weighted by molar-refractivity contribution is -0.137. The summed E-state index contributed by atoms with van der Waals surface area (Å²) in [6.07, 6.45) is 5.65. The van der Waals surface area contributed by atoms with Gasteiger partial charge in [-0.05, 0) is 25.1 Å². The molecule has 1 atom stereocenters. The van der Waals surface area contributed by atoms with E-state index >= 15 is 0 Å². The number of aromatic nitrogens is 1. The van der Waals surface area contributed by atoms with Crippen LogP contribution in [0.15, 0.2) is 28.7 Å². The van der Waals surface area contributed by atoms with E-state index in [-0.39, 0.29) is 34.9 Å². The normalized spacial score (nSPS) is 16.3. The lowest BCUT2D eigenvalue weighted by atomic mass is 10.1. The third-order valence-corrected chi connectivity index (χ3v) is 7.30. The molecule has 1 aliphatic heterocycles. The van der Waals surface area contributed by atoms with Gasteiger partial charge in [-0.15, -0.1) is 11.8 Å². The Morgan fingerprint density at radius 2 is 1.89 bits per heavy atom. The van der Waals surface area contributed by atoms with Crippen molar-refractivity contribution >= 4 is 17.7 Å². The fourth-order valence-electron chi connectivity index (χ4n) is 4.27. The van der Waals surface area contributed by atoms with Crippen LogP contribution in [-0.4, -0.2) is 46.6 Å². The number of hydrogen-bond donors (Lipinski definition) is 1. The van der Waals surface area contributed by atoms with Gasteiger partial charge in [-0.3, -0.25) is 4.79 Å². The van der Waals surface area contributed by atoms with E-state index in [2.05, 4.69) is 17.2 Å². The highest BCUT2D eigenvalue weighted by Gasteiger charge is 2.35. The minimum absolute atomic E-state index is 0.00732. The second-order valence-electron chi connectivity index (χ2n) is 9.10. The number of thioether (sulfide) groups is 1. The predicted molar refractivity (Wildman–Crippen MR) is 134 cm³/mol. The zero-order valence-corrected chi connectivity index (χ0v) is 21.4. The van der Waals surface area contributed by atoms with E-state index in [1.807, 2.05) is 0 Å². The standard InChI is InChI=1S/C26H36F3N3O2S/c1-3-4-5-6-7-8-9-10-14-30-16-22-17-35-18-32(22)25(33)23-24(34-19(2)31-23)20-12-11-13-21(15-20)26(27,28)29/h11-13,15,22,30H,3-10,14,16-18H2,1-2H3/t22-/m1/s1. The largest absolute Gasteiger partial charge is 0.440 e. The predicted octanol–water partition coefficient (Wildman–Crippen LogP) is 6.91. The van der Waals surface area contributed by atoms with Gasteiger partial charge in [0, 0.05) is 24.8 Å². The molecule has 1 N–H and O–H groups in total. The van der Waals surface area contributed by atoms with Gasteiger partial charge in [0.2, 0.25) is 0 Å². The van der Waals surface area contributed by atoms with Crippen molar-refractivity contribution in [1.29, 1.82) is 0 Å². The Hall–Kier alpha value is -2.00. The highest BCUT2D eigenvalue weighted by Crippen LogP contribution is 2.34. The van der Waals surface area contributed by atoms with Crippen LogP contribution in [0, 0.1) is 6.92 Å². The van der Waals surface area contributed by atoms with Crippen molar-refractivity contribution in [2.75, 3.05) is 24.7 Å². The molecule has 1 aliphatic rings. The first-order chi connectivity index (χ1) is 16.8. The third-order valence-electron chi connectivity index (χ3n) is 6.22. The lowest BCUT2D eigenvalue weighted by Crippen LogP contribution is -2.43. The SMILES string of the molecule is CCCCCCCCCCNC[C@@H]1CSCN1C(=O)c1nc(C)oc1-c1cccc(C(F)(F)F)c1. The third kappa shape index (κ3) is 8.00. The van der Waals surface area contributed by atoms with Crippen LogP contribution in [0.3, 0.4) is 0 Å². The Labute approximate surface area is 210 Å². The molecule has 5 nitrogen and oxygen atoms in total. The highest BCUT2D eigenvalue weighted by molar-refractivity contribution is 7.99. The number of nitrogens with zero attached hydrogens (tertiary/aromatic N) is 2. The number of oxazole rings is 1. The number of hydrogen-bond acceptors (Lipinski definition) is 5. The maximum absolute atomic E-state index is 13.4. The molecule has 0 saturated carbocycles. The maximum atomic E-state index is 13.4. The highest BCUT2D eigenvalue weighted by atomic mass is 32.2. The summed E-state index contributed by atoms with van der Waals surface area (Å²) < 4.78 is 45.2. The summed E-state index contributed by atoms with van der Waals surface area (Å²) in [6, 6.07) is 4.83. The van der Waals surface area contributed by atoms with Crippen LogP contribution < -0.4 is 5.32 Å². The molecule has 2 aromatic rings. The molecule has 1 saturated heterocycles. The number of carbonyl (C=O) groups excluding carboxylic acids is 1. The van der Waals surface area contributed by atoms with Crippen LogP contribution >= 0.6 is 11.8 Å². The summed E-state index contributed by atoms with van der Waals surface area (Å²) in [7, 11) is 0. The van der Waals surface area contributed by atoms with E-state index in [9.17, 15) is 18.0 Å². The molecule has 9 heteroatoms. The summed E-state index contributed by atoms with van der Waals surface area (Å²) in [6.45, 7) is 5.42. The molecule has 2 heterocycles. The van der Waals surface area contributed by atoms with Gasteiger partial charge in [-0.2, -0.15) is 13.2 Å². The molecule has 0 radical (unpaired) electrons. The number of benzene rings is 1. The maximum Gasteiger partial charge on any atom is 0.416 e. The van der Waals surface area contributed by atoms with E-state index in [1.54, 1.807) is 23.6 Å². The topological polar surface area (TPSA) is 58.4 Å². The number of alkyl halides is 3. The Bertz CT molecular complexity index is 948. The second kappa shape index (κ2) is 13.3. The van der Waals surface area contributed by atoms with Crippen LogP contribution in [0.25, 0.3) is 11.3 Å². The van der Waals surface area contributed by atoms with Crippen molar-refractivity contribution in [1.82, 2.24) is 15.2 Å². The minimum Gasteiger partial charge on any atom is -0.440 e. The molecule has 194 valence electrons. The van der Waals surface area contributed by atoms with Crippen LogP contribution in [0.5, 0.6) is 0 Å². The second-order valence-corrected chi connectivity index (χ2v) is 10.1. The van der Waals surface area contributed by atoms with Gasteiger partial charge in [-0.25, -0.2) is 4.98 Å². The summed E-state index contributed by atoms with van der Waals surface area (Å²) in [5.74, 6) is 1.36. The summed E-state index contributed by atoms with van der Waals surface area (Å²) in [5.41, 5.74) is -0.528. The molecule has 1 aromatic carbocycles. The first-order valence-corrected chi connectivity index (χ1v) is 13.7. The fourth-order valence-corrected chi connectivity index (χ4v) is 5.47. The van der Waals surface area contributed by atoms with Gasteiger partial charge in [-0.1, -0.05) is 64.0 Å². The van der Waals surface area contributed by atoms with Crippen molar-refractivity contribution in [3.63, 3.8) is 0 Å². The number of halogens is 3. The number of carbonyl (C=O) groups is 1. The molecule has 1 aromatic heterocycles. The monoisotopic (exact) mass is 511 g/mol.